The lowest BCUT2D eigenvalue weighted by atomic mass is 9.86. The van der Waals surface area contributed by atoms with Gasteiger partial charge in [0, 0.05) is 11.5 Å². The van der Waals surface area contributed by atoms with Crippen molar-refractivity contribution in [2.24, 2.45) is 0 Å². The molecule has 2 aromatic carbocycles. The van der Waals surface area contributed by atoms with Crippen molar-refractivity contribution >= 4 is 10.9 Å². The number of ether oxygens (including phenoxy) is 1. The zero-order chi connectivity index (χ0) is 16.6. The number of fused-ring (bicyclic) bond motifs is 1. The summed E-state index contributed by atoms with van der Waals surface area (Å²) < 4.78 is 5.26. The number of rotatable bonds is 2. The van der Waals surface area contributed by atoms with Gasteiger partial charge in [-0.2, -0.15) is 5.26 Å². The lowest BCUT2D eigenvalue weighted by Crippen LogP contribution is -2.10. The summed E-state index contributed by atoms with van der Waals surface area (Å²) in [5.74, 6) is 0.776. The average molecular weight is 304 g/mol. The molecule has 0 unspecified atom stereocenters. The first-order chi connectivity index (χ1) is 10.9. The minimum absolute atomic E-state index is 0.115. The van der Waals surface area contributed by atoms with Crippen molar-refractivity contribution in [3.8, 4) is 23.1 Å². The molecule has 3 rings (SSSR count). The second kappa shape index (κ2) is 5.48. The van der Waals surface area contributed by atoms with Crippen LogP contribution >= 0.6 is 0 Å². The molecule has 23 heavy (non-hydrogen) atoms. The zero-order valence-corrected chi connectivity index (χ0v) is 13.9. The molecule has 1 heterocycles. The predicted molar refractivity (Wildman–Crippen MR) is 93.7 cm³/mol. The van der Waals surface area contributed by atoms with E-state index in [1.54, 1.807) is 7.11 Å². The first-order valence-corrected chi connectivity index (χ1v) is 7.65. The van der Waals surface area contributed by atoms with E-state index in [0.717, 1.165) is 27.9 Å². The highest BCUT2D eigenvalue weighted by Gasteiger charge is 2.16. The maximum Gasteiger partial charge on any atom is 0.120 e. The highest BCUT2D eigenvalue weighted by Crippen LogP contribution is 2.33. The molecule has 1 aromatic heterocycles. The molecule has 3 heteroatoms. The highest BCUT2D eigenvalue weighted by molar-refractivity contribution is 5.94. The number of hydrogen-bond acceptors (Lipinski definition) is 2. The van der Waals surface area contributed by atoms with Crippen LogP contribution in [0.4, 0.5) is 0 Å². The van der Waals surface area contributed by atoms with Crippen molar-refractivity contribution < 1.29 is 4.74 Å². The van der Waals surface area contributed by atoms with E-state index >= 15 is 0 Å². The monoisotopic (exact) mass is 304 g/mol. The fourth-order valence-corrected chi connectivity index (χ4v) is 2.77. The van der Waals surface area contributed by atoms with E-state index in [-0.39, 0.29) is 5.41 Å². The van der Waals surface area contributed by atoms with E-state index in [2.05, 4.69) is 56.1 Å². The van der Waals surface area contributed by atoms with Crippen LogP contribution in [0, 0.1) is 11.3 Å². The SMILES string of the molecule is COc1ccc2c(C#N)c(-c3ccc(C(C)(C)C)cc3)[nH]c2c1. The summed E-state index contributed by atoms with van der Waals surface area (Å²) in [6.07, 6.45) is 0. The van der Waals surface area contributed by atoms with E-state index in [1.165, 1.54) is 5.56 Å². The number of aromatic amines is 1. The van der Waals surface area contributed by atoms with Crippen LogP contribution in [0.5, 0.6) is 5.75 Å². The molecule has 3 aromatic rings. The molecule has 3 nitrogen and oxygen atoms in total. The van der Waals surface area contributed by atoms with Gasteiger partial charge < -0.3 is 9.72 Å². The Labute approximate surface area is 136 Å². The van der Waals surface area contributed by atoms with Gasteiger partial charge in [-0.25, -0.2) is 0 Å². The van der Waals surface area contributed by atoms with E-state index in [0.29, 0.717) is 5.56 Å². The molecule has 0 aliphatic rings. The summed E-state index contributed by atoms with van der Waals surface area (Å²) in [5.41, 5.74) is 4.85. The Morgan fingerprint density at radius 3 is 2.30 bits per heavy atom. The number of benzene rings is 2. The molecule has 0 aliphatic carbocycles. The first kappa shape index (κ1) is 15.2. The maximum atomic E-state index is 9.58. The highest BCUT2D eigenvalue weighted by atomic mass is 16.5. The topological polar surface area (TPSA) is 48.8 Å². The number of H-pyrrole nitrogens is 1. The van der Waals surface area contributed by atoms with Gasteiger partial charge in [0.2, 0.25) is 0 Å². The van der Waals surface area contributed by atoms with Crippen LogP contribution in [0.1, 0.15) is 31.9 Å². The number of methoxy groups -OCH3 is 1. The zero-order valence-electron chi connectivity index (χ0n) is 13.9. The summed E-state index contributed by atoms with van der Waals surface area (Å²) in [7, 11) is 1.64. The largest absolute Gasteiger partial charge is 0.497 e. The van der Waals surface area contributed by atoms with Gasteiger partial charge in [-0.05, 0) is 28.7 Å². The minimum Gasteiger partial charge on any atom is -0.497 e. The number of aromatic nitrogens is 1. The number of nitrogens with one attached hydrogen (secondary N) is 1. The Kier molecular flexibility index (Phi) is 3.61. The molecule has 0 saturated carbocycles. The lowest BCUT2D eigenvalue weighted by molar-refractivity contribution is 0.415. The maximum absolute atomic E-state index is 9.58. The van der Waals surface area contributed by atoms with Gasteiger partial charge in [-0.3, -0.25) is 0 Å². The third-order valence-electron chi connectivity index (χ3n) is 4.16. The molecular formula is C20H20N2O. The first-order valence-electron chi connectivity index (χ1n) is 7.65. The molecule has 0 amide bonds. The van der Waals surface area contributed by atoms with Crippen LogP contribution in [-0.4, -0.2) is 12.1 Å². The van der Waals surface area contributed by atoms with Crippen molar-refractivity contribution in [2.75, 3.05) is 7.11 Å². The van der Waals surface area contributed by atoms with Gasteiger partial charge >= 0.3 is 0 Å². The fourth-order valence-electron chi connectivity index (χ4n) is 2.77. The number of nitrogens with zero attached hydrogens (tertiary/aromatic N) is 1. The van der Waals surface area contributed by atoms with Crippen molar-refractivity contribution in [1.82, 2.24) is 4.98 Å². The molecular weight excluding hydrogens is 284 g/mol. The van der Waals surface area contributed by atoms with Gasteiger partial charge in [0.25, 0.3) is 0 Å². The molecule has 0 fully saturated rings. The second-order valence-corrected chi connectivity index (χ2v) is 6.73. The Morgan fingerprint density at radius 2 is 1.74 bits per heavy atom. The average Bonchev–Trinajstić information content (AvgIpc) is 2.91. The van der Waals surface area contributed by atoms with E-state index < -0.39 is 0 Å². The third-order valence-corrected chi connectivity index (χ3v) is 4.16. The molecule has 116 valence electrons. The Hall–Kier alpha value is -2.73. The van der Waals surface area contributed by atoms with Crippen LogP contribution in [0.25, 0.3) is 22.2 Å². The van der Waals surface area contributed by atoms with Crippen molar-refractivity contribution in [3.05, 3.63) is 53.6 Å². The molecule has 0 aliphatic heterocycles. The van der Waals surface area contributed by atoms with Gasteiger partial charge in [-0.15, -0.1) is 0 Å². The summed E-state index contributed by atoms with van der Waals surface area (Å²) in [6, 6.07) is 16.5. The predicted octanol–water partition coefficient (Wildman–Crippen LogP) is 5.01. The summed E-state index contributed by atoms with van der Waals surface area (Å²) in [4.78, 5) is 3.36. The quantitative estimate of drug-likeness (QED) is 0.723. The van der Waals surface area contributed by atoms with Crippen LogP contribution in [0.2, 0.25) is 0 Å². The minimum atomic E-state index is 0.115. The lowest BCUT2D eigenvalue weighted by Gasteiger charge is -2.19. The van der Waals surface area contributed by atoms with Gasteiger partial charge in [0.05, 0.1) is 23.9 Å². The number of hydrogen-bond donors (Lipinski definition) is 1. The van der Waals surface area contributed by atoms with E-state index in [1.807, 2.05) is 18.2 Å². The van der Waals surface area contributed by atoms with Crippen molar-refractivity contribution in [3.63, 3.8) is 0 Å². The molecule has 0 bridgehead atoms. The summed E-state index contributed by atoms with van der Waals surface area (Å²) in [6.45, 7) is 6.58. The molecule has 0 saturated heterocycles. The normalized spacial score (nSPS) is 11.4. The Bertz CT molecular complexity index is 890. The van der Waals surface area contributed by atoms with E-state index in [4.69, 9.17) is 4.74 Å². The van der Waals surface area contributed by atoms with Gasteiger partial charge in [-0.1, -0.05) is 45.0 Å². The smallest absolute Gasteiger partial charge is 0.120 e. The molecule has 0 atom stereocenters. The van der Waals surface area contributed by atoms with Crippen LogP contribution in [0.3, 0.4) is 0 Å². The standard InChI is InChI=1S/C20H20N2O/c1-20(2,3)14-7-5-13(6-8-14)19-17(12-21)16-10-9-15(23-4)11-18(16)22-19/h5-11,22H,1-4H3. The summed E-state index contributed by atoms with van der Waals surface area (Å²) in [5, 5.41) is 10.5. The third kappa shape index (κ3) is 2.68. The molecule has 1 N–H and O–H groups in total. The van der Waals surface area contributed by atoms with Crippen molar-refractivity contribution in [2.45, 2.75) is 26.2 Å². The van der Waals surface area contributed by atoms with Crippen LogP contribution < -0.4 is 4.74 Å². The number of nitriles is 1. The Morgan fingerprint density at radius 1 is 1.04 bits per heavy atom. The van der Waals surface area contributed by atoms with Crippen molar-refractivity contribution in [1.29, 1.82) is 5.26 Å². The van der Waals surface area contributed by atoms with Crippen LogP contribution in [0.15, 0.2) is 42.5 Å². The molecule has 0 spiro atoms. The summed E-state index contributed by atoms with van der Waals surface area (Å²) >= 11 is 0. The van der Waals surface area contributed by atoms with E-state index in [9.17, 15) is 5.26 Å². The molecule has 0 radical (unpaired) electrons. The van der Waals surface area contributed by atoms with Gasteiger partial charge in [0.1, 0.15) is 11.8 Å². The second-order valence-electron chi connectivity index (χ2n) is 6.73. The fraction of sp³-hybridized carbons (Fsp3) is 0.250. The van der Waals surface area contributed by atoms with Crippen LogP contribution in [-0.2, 0) is 5.41 Å². The Balaban J connectivity index is 2.14. The van der Waals surface area contributed by atoms with Gasteiger partial charge in [0.15, 0.2) is 0 Å².